The maximum absolute atomic E-state index is 15.4. The molecule has 2 saturated heterocycles. The van der Waals surface area contributed by atoms with Crippen LogP contribution in [0.1, 0.15) is 36.9 Å². The zero-order chi connectivity index (χ0) is 28.1. The summed E-state index contributed by atoms with van der Waals surface area (Å²) in [5.41, 5.74) is 2.19. The van der Waals surface area contributed by atoms with Gasteiger partial charge in [-0.2, -0.15) is 13.9 Å². The molecule has 4 aromatic heterocycles. The van der Waals surface area contributed by atoms with Crippen molar-refractivity contribution in [3.8, 4) is 22.6 Å². The quantitative estimate of drug-likeness (QED) is 0.287. The average Bonchev–Trinajstić information content (AvgIpc) is 3.69. The first-order valence-corrected chi connectivity index (χ1v) is 13.2. The number of nitrogens with zero attached hydrogens (tertiary/aromatic N) is 7. The number of rotatable bonds is 7. The smallest absolute Gasteiger partial charge is 0.415 e. The Morgan fingerprint density at radius 2 is 1.83 bits per heavy atom. The predicted molar refractivity (Wildman–Crippen MR) is 138 cm³/mol. The minimum absolute atomic E-state index is 0.000625. The van der Waals surface area contributed by atoms with Crippen LogP contribution in [0.25, 0.3) is 33.7 Å². The Bertz CT molecular complexity index is 1750. The molecule has 2 aliphatic heterocycles. The van der Waals surface area contributed by atoms with Gasteiger partial charge >= 0.3 is 12.2 Å². The van der Waals surface area contributed by atoms with E-state index in [1.54, 1.807) is 18.3 Å². The molecule has 0 amide bonds. The van der Waals surface area contributed by atoms with Crippen molar-refractivity contribution in [2.75, 3.05) is 26.3 Å². The summed E-state index contributed by atoms with van der Waals surface area (Å²) in [5, 5.41) is 11.4. The summed E-state index contributed by atoms with van der Waals surface area (Å²) in [5.74, 6) is -2.06. The van der Waals surface area contributed by atoms with Crippen LogP contribution in [0.2, 0.25) is 0 Å². The molecule has 6 heterocycles. The van der Waals surface area contributed by atoms with E-state index >= 15 is 4.39 Å². The number of likely N-dealkylation sites (tertiary alicyclic amines) is 1. The van der Waals surface area contributed by atoms with Crippen LogP contribution in [0.5, 0.6) is 0 Å². The number of pyridine rings is 1. The molecule has 212 valence electrons. The molecule has 14 heteroatoms. The van der Waals surface area contributed by atoms with Crippen molar-refractivity contribution >= 4 is 11.1 Å². The first-order chi connectivity index (χ1) is 19.9. The van der Waals surface area contributed by atoms with Crippen molar-refractivity contribution in [1.82, 2.24) is 34.4 Å². The Labute approximate surface area is 230 Å². The Morgan fingerprint density at radius 1 is 1.00 bits per heavy atom. The van der Waals surface area contributed by atoms with E-state index in [1.807, 2.05) is 10.9 Å². The van der Waals surface area contributed by atoms with Gasteiger partial charge in [0.15, 0.2) is 5.58 Å². The molecular weight excluding hydrogens is 543 g/mol. The van der Waals surface area contributed by atoms with Gasteiger partial charge in [-0.3, -0.25) is 19.1 Å². The molecule has 5 aromatic rings. The number of oxazole rings is 1. The highest BCUT2D eigenvalue weighted by atomic mass is 19.3. The lowest BCUT2D eigenvalue weighted by Gasteiger charge is -2.41. The van der Waals surface area contributed by atoms with Gasteiger partial charge in [0.05, 0.1) is 54.8 Å². The Kier molecular flexibility index (Phi) is 6.43. The third-order valence-corrected chi connectivity index (χ3v) is 7.70. The molecule has 11 nitrogen and oxygen atoms in total. The molecule has 0 radical (unpaired) electrons. The summed E-state index contributed by atoms with van der Waals surface area (Å²) < 4.78 is 59.7. The zero-order valence-corrected chi connectivity index (χ0v) is 21.6. The monoisotopic (exact) mass is 567 g/mol. The molecule has 1 aromatic carbocycles. The molecule has 2 aliphatic rings. The van der Waals surface area contributed by atoms with Gasteiger partial charge in [0.1, 0.15) is 5.82 Å². The molecule has 2 fully saturated rings. The van der Waals surface area contributed by atoms with Crippen LogP contribution in [0.4, 0.5) is 13.2 Å². The Morgan fingerprint density at radius 3 is 2.51 bits per heavy atom. The van der Waals surface area contributed by atoms with Gasteiger partial charge in [-0.05, 0) is 31.0 Å². The number of piperidine rings is 1. The van der Waals surface area contributed by atoms with Gasteiger partial charge in [-0.25, -0.2) is 9.18 Å². The van der Waals surface area contributed by atoms with Gasteiger partial charge in [-0.15, -0.1) is 10.2 Å². The lowest BCUT2D eigenvalue weighted by molar-refractivity contribution is -0.0734. The minimum atomic E-state index is -2.88. The highest BCUT2D eigenvalue weighted by molar-refractivity contribution is 5.80. The van der Waals surface area contributed by atoms with Crippen molar-refractivity contribution in [2.24, 2.45) is 0 Å². The molecule has 0 unspecified atom stereocenters. The Hall–Kier alpha value is -4.30. The summed E-state index contributed by atoms with van der Waals surface area (Å²) in [7, 11) is 0. The number of aromatic nitrogens is 6. The topological polar surface area (TPSA) is 117 Å². The van der Waals surface area contributed by atoms with Crippen molar-refractivity contribution in [1.29, 1.82) is 0 Å². The summed E-state index contributed by atoms with van der Waals surface area (Å²) in [6.45, 7) is 3.54. The van der Waals surface area contributed by atoms with Crippen LogP contribution in [0, 0.1) is 5.82 Å². The molecule has 0 N–H and O–H groups in total. The van der Waals surface area contributed by atoms with Gasteiger partial charge in [-0.1, -0.05) is 0 Å². The molecule has 0 spiro atoms. The SMILES string of the molecule is O=c1oc2cc(-c3cnn(C4CCN(C5COC5)CC4)c3)c(F)cc2n1Cc1ccc(-c2nnc(C(F)F)o2)cn1. The molecule has 0 bridgehead atoms. The van der Waals surface area contributed by atoms with E-state index in [9.17, 15) is 13.6 Å². The van der Waals surface area contributed by atoms with Crippen LogP contribution in [0.15, 0.2) is 56.5 Å². The normalized spacial score (nSPS) is 17.1. The lowest BCUT2D eigenvalue weighted by Crippen LogP contribution is -2.51. The second-order valence-electron chi connectivity index (χ2n) is 10.2. The molecular formula is C27H24F3N7O4. The number of fused-ring (bicyclic) bond motifs is 1. The third-order valence-electron chi connectivity index (χ3n) is 7.70. The molecule has 0 saturated carbocycles. The average molecular weight is 568 g/mol. The number of halogens is 3. The van der Waals surface area contributed by atoms with E-state index in [1.165, 1.54) is 22.9 Å². The van der Waals surface area contributed by atoms with E-state index in [0.29, 0.717) is 28.4 Å². The highest BCUT2D eigenvalue weighted by Crippen LogP contribution is 2.31. The van der Waals surface area contributed by atoms with Crippen molar-refractivity contribution in [2.45, 2.75) is 37.9 Å². The molecule has 0 aliphatic carbocycles. The van der Waals surface area contributed by atoms with E-state index in [-0.39, 0.29) is 29.6 Å². The third kappa shape index (κ3) is 4.82. The fourth-order valence-corrected chi connectivity index (χ4v) is 5.33. The van der Waals surface area contributed by atoms with E-state index in [2.05, 4.69) is 25.2 Å². The van der Waals surface area contributed by atoms with Gasteiger partial charge in [0.25, 0.3) is 5.89 Å². The number of hydrogen-bond acceptors (Lipinski definition) is 9. The van der Waals surface area contributed by atoms with E-state index in [0.717, 1.165) is 39.1 Å². The van der Waals surface area contributed by atoms with Crippen LogP contribution in [-0.4, -0.2) is 66.8 Å². The van der Waals surface area contributed by atoms with Crippen molar-refractivity contribution in [3.63, 3.8) is 0 Å². The second kappa shape index (κ2) is 10.3. The first kappa shape index (κ1) is 25.7. The minimum Gasteiger partial charge on any atom is -0.415 e. The van der Waals surface area contributed by atoms with Crippen molar-refractivity contribution < 1.29 is 26.7 Å². The van der Waals surface area contributed by atoms with Crippen LogP contribution in [0.3, 0.4) is 0 Å². The summed E-state index contributed by atoms with van der Waals surface area (Å²) in [4.78, 5) is 19.4. The van der Waals surface area contributed by atoms with Crippen LogP contribution >= 0.6 is 0 Å². The number of ether oxygens (including phenoxy) is 1. The predicted octanol–water partition coefficient (Wildman–Crippen LogP) is 4.06. The second-order valence-corrected chi connectivity index (χ2v) is 10.2. The van der Waals surface area contributed by atoms with E-state index < -0.39 is 23.9 Å². The number of hydrogen-bond donors (Lipinski definition) is 0. The fraction of sp³-hybridized carbons (Fsp3) is 0.370. The van der Waals surface area contributed by atoms with Crippen LogP contribution < -0.4 is 5.76 Å². The van der Waals surface area contributed by atoms with E-state index in [4.69, 9.17) is 13.6 Å². The maximum atomic E-state index is 15.4. The maximum Gasteiger partial charge on any atom is 0.420 e. The fourth-order valence-electron chi connectivity index (χ4n) is 5.33. The lowest BCUT2D eigenvalue weighted by atomic mass is 10.0. The summed E-state index contributed by atoms with van der Waals surface area (Å²) >= 11 is 0. The molecule has 41 heavy (non-hydrogen) atoms. The van der Waals surface area contributed by atoms with Crippen molar-refractivity contribution in [3.05, 3.63) is 70.8 Å². The molecule has 7 rings (SSSR count). The first-order valence-electron chi connectivity index (χ1n) is 13.2. The number of benzene rings is 1. The standard InChI is InChI=1S/C27H24F3N7O4/c28-21-8-22-23(7-20(21)16-10-32-37(11-16)18-3-5-35(6-4-18)19-13-39-14-19)40-27(38)36(22)12-17-2-1-15(9-31-17)25-33-34-26(41-25)24(29)30/h1-2,7-11,18-19,24H,3-6,12-14H2. The van der Waals surface area contributed by atoms with Gasteiger partial charge in [0.2, 0.25) is 5.89 Å². The highest BCUT2D eigenvalue weighted by Gasteiger charge is 2.30. The largest absolute Gasteiger partial charge is 0.420 e. The zero-order valence-electron chi connectivity index (χ0n) is 21.6. The van der Waals surface area contributed by atoms with Crippen LogP contribution in [-0.2, 0) is 11.3 Å². The number of alkyl halides is 2. The Balaban J connectivity index is 1.09. The van der Waals surface area contributed by atoms with Gasteiger partial charge in [0, 0.05) is 42.7 Å². The summed E-state index contributed by atoms with van der Waals surface area (Å²) in [6, 6.07) is 6.66. The summed E-state index contributed by atoms with van der Waals surface area (Å²) in [6.07, 6.45) is 3.87. The van der Waals surface area contributed by atoms with Gasteiger partial charge < -0.3 is 13.6 Å². The molecule has 0 atom stereocenters.